The second-order valence-corrected chi connectivity index (χ2v) is 12.1. The van der Waals surface area contributed by atoms with Crippen LogP contribution in [0.1, 0.15) is 68.2 Å². The first-order valence-electron chi connectivity index (χ1n) is 14.1. The smallest absolute Gasteiger partial charge is 0.328 e. The summed E-state index contributed by atoms with van der Waals surface area (Å²) in [5.41, 5.74) is 6.90. The highest BCUT2D eigenvalue weighted by Gasteiger charge is 2.55. The summed E-state index contributed by atoms with van der Waals surface area (Å²) in [6.45, 7) is 4.87. The van der Waals surface area contributed by atoms with E-state index in [2.05, 4.69) is 43.0 Å². The molecule has 2 atom stereocenters. The molecule has 0 radical (unpaired) electrons. The van der Waals surface area contributed by atoms with Crippen molar-refractivity contribution in [3.63, 3.8) is 0 Å². The minimum Gasteiger partial charge on any atom is -0.497 e. The number of hydrogen-bond donors (Lipinski definition) is 1. The van der Waals surface area contributed by atoms with E-state index < -0.39 is 0 Å². The Morgan fingerprint density at radius 2 is 1.80 bits per heavy atom. The standard InChI is InChI=1S/C34H36FNO4/c1-33(2)14-4-5-28(33)26-17-21(6-10-25(26)27-18-23(38-3)9-11-31(27)35)20-39-24-8-7-22-12-15-34(30(22)19-24)16-13-29(34)32(37)40-36/h5-11,17-19,29H,4,12-16,20,36H2,1-3H3/t29-,34+/m0/s1. The minimum absolute atomic E-state index is 0.0120. The highest BCUT2D eigenvalue weighted by Crippen LogP contribution is 2.57. The first kappa shape index (κ1) is 26.6. The van der Waals surface area contributed by atoms with Gasteiger partial charge in [0.05, 0.1) is 13.0 Å². The van der Waals surface area contributed by atoms with Crippen LogP contribution in [0.5, 0.6) is 11.5 Å². The summed E-state index contributed by atoms with van der Waals surface area (Å²) in [6, 6.07) is 17.2. The Labute approximate surface area is 235 Å². The number of ether oxygens (including phenoxy) is 2. The van der Waals surface area contributed by atoms with Gasteiger partial charge in [0.1, 0.15) is 23.9 Å². The molecule has 1 spiro atoms. The summed E-state index contributed by atoms with van der Waals surface area (Å²) in [4.78, 5) is 16.9. The van der Waals surface area contributed by atoms with Gasteiger partial charge in [-0.15, -0.1) is 0 Å². The quantitative estimate of drug-likeness (QED) is 0.318. The summed E-state index contributed by atoms with van der Waals surface area (Å²) < 4.78 is 26.8. The first-order chi connectivity index (χ1) is 19.3. The van der Waals surface area contributed by atoms with Crippen molar-refractivity contribution in [2.75, 3.05) is 7.11 Å². The van der Waals surface area contributed by atoms with Gasteiger partial charge in [-0.05, 0) is 114 Å². The zero-order chi connectivity index (χ0) is 28.1. The van der Waals surface area contributed by atoms with Crippen molar-refractivity contribution in [2.24, 2.45) is 17.2 Å². The average molecular weight is 542 g/mol. The maximum Gasteiger partial charge on any atom is 0.328 e. The third kappa shape index (κ3) is 4.39. The number of halogens is 1. The molecule has 3 aliphatic rings. The number of benzene rings is 3. The van der Waals surface area contributed by atoms with Crippen molar-refractivity contribution in [3.8, 4) is 22.6 Å². The molecule has 3 aromatic rings. The van der Waals surface area contributed by atoms with Crippen LogP contribution in [0.15, 0.2) is 60.7 Å². The van der Waals surface area contributed by atoms with Gasteiger partial charge in [-0.25, -0.2) is 4.39 Å². The average Bonchev–Trinajstić information content (AvgIpc) is 3.51. The van der Waals surface area contributed by atoms with E-state index in [-0.39, 0.29) is 28.5 Å². The molecule has 0 aliphatic heterocycles. The molecule has 6 rings (SSSR count). The molecule has 0 saturated heterocycles. The summed E-state index contributed by atoms with van der Waals surface area (Å²) >= 11 is 0. The third-order valence-electron chi connectivity index (χ3n) is 9.50. The number of carbonyl (C=O) groups is 1. The molecule has 0 aromatic heterocycles. The van der Waals surface area contributed by atoms with Crippen molar-refractivity contribution >= 4 is 11.5 Å². The predicted molar refractivity (Wildman–Crippen MR) is 153 cm³/mol. The van der Waals surface area contributed by atoms with E-state index in [9.17, 15) is 4.79 Å². The van der Waals surface area contributed by atoms with Crippen molar-refractivity contribution < 1.29 is 23.5 Å². The van der Waals surface area contributed by atoms with Gasteiger partial charge in [-0.3, -0.25) is 4.79 Å². The lowest BCUT2D eigenvalue weighted by Gasteiger charge is -2.46. The van der Waals surface area contributed by atoms with Gasteiger partial charge in [0.2, 0.25) is 0 Å². The molecule has 0 bridgehead atoms. The van der Waals surface area contributed by atoms with Gasteiger partial charge in [-0.1, -0.05) is 38.1 Å². The molecule has 2 N–H and O–H groups in total. The second-order valence-electron chi connectivity index (χ2n) is 12.1. The molecule has 5 nitrogen and oxygen atoms in total. The Morgan fingerprint density at radius 3 is 2.50 bits per heavy atom. The molecule has 0 unspecified atom stereocenters. The van der Waals surface area contributed by atoms with E-state index in [4.69, 9.17) is 15.4 Å². The lowest BCUT2D eigenvalue weighted by atomic mass is 9.57. The molecule has 208 valence electrons. The van der Waals surface area contributed by atoms with E-state index in [1.165, 1.54) is 22.8 Å². The van der Waals surface area contributed by atoms with Crippen LogP contribution in [0.3, 0.4) is 0 Å². The fourth-order valence-corrected chi connectivity index (χ4v) is 7.11. The Bertz CT molecular complexity index is 1510. The minimum atomic E-state index is -0.324. The van der Waals surface area contributed by atoms with Gasteiger partial charge >= 0.3 is 5.97 Å². The first-order valence-corrected chi connectivity index (χ1v) is 14.1. The SMILES string of the molecule is COc1ccc(F)c(-c2ccc(COc3ccc4c(c3)[C@]3(CC4)CC[C@H]3C(=O)ON)cc2C2=CCCC2(C)C)c1. The Balaban J connectivity index is 1.31. The van der Waals surface area contributed by atoms with Crippen LogP contribution in [-0.4, -0.2) is 13.1 Å². The van der Waals surface area contributed by atoms with E-state index in [1.54, 1.807) is 19.2 Å². The summed E-state index contributed by atoms with van der Waals surface area (Å²) in [5, 5.41) is 0. The molecular formula is C34H36FNO4. The number of carbonyl (C=O) groups excluding carboxylic acids is 1. The van der Waals surface area contributed by atoms with Crippen LogP contribution >= 0.6 is 0 Å². The van der Waals surface area contributed by atoms with Crippen molar-refractivity contribution in [2.45, 2.75) is 64.4 Å². The Hall–Kier alpha value is -3.64. The Morgan fingerprint density at radius 1 is 0.975 bits per heavy atom. The zero-order valence-electron chi connectivity index (χ0n) is 23.4. The van der Waals surface area contributed by atoms with Crippen molar-refractivity contribution in [1.29, 1.82) is 0 Å². The number of allylic oxidation sites excluding steroid dienone is 2. The number of nitrogens with two attached hydrogens (primary N) is 1. The molecule has 1 fully saturated rings. The lowest BCUT2D eigenvalue weighted by Crippen LogP contribution is -2.48. The topological polar surface area (TPSA) is 70.8 Å². The van der Waals surface area contributed by atoms with Crippen LogP contribution < -0.4 is 15.4 Å². The van der Waals surface area contributed by atoms with Crippen molar-refractivity contribution in [3.05, 3.63) is 88.7 Å². The fraction of sp³-hybridized carbons (Fsp3) is 0.382. The molecular weight excluding hydrogens is 505 g/mol. The van der Waals surface area contributed by atoms with Gasteiger partial charge in [0.25, 0.3) is 0 Å². The van der Waals surface area contributed by atoms with E-state index >= 15 is 4.39 Å². The van der Waals surface area contributed by atoms with Crippen LogP contribution in [0, 0.1) is 17.2 Å². The summed E-state index contributed by atoms with van der Waals surface area (Å²) in [6.07, 6.45) is 7.97. The Kier molecular flexibility index (Phi) is 6.70. The predicted octanol–water partition coefficient (Wildman–Crippen LogP) is 7.29. The maximum absolute atomic E-state index is 15.1. The normalized spacial score (nSPS) is 22.4. The number of hydrogen-bond acceptors (Lipinski definition) is 5. The lowest BCUT2D eigenvalue weighted by molar-refractivity contribution is -0.157. The van der Waals surface area contributed by atoms with E-state index in [0.717, 1.165) is 61.0 Å². The van der Waals surface area contributed by atoms with Gasteiger partial charge < -0.3 is 14.3 Å². The summed E-state index contributed by atoms with van der Waals surface area (Å²) in [7, 11) is 1.59. The third-order valence-corrected chi connectivity index (χ3v) is 9.50. The second kappa shape index (κ2) is 10.1. The molecule has 6 heteroatoms. The van der Waals surface area contributed by atoms with Crippen LogP contribution in [0.25, 0.3) is 16.7 Å². The molecule has 0 heterocycles. The molecule has 0 amide bonds. The number of methoxy groups -OCH3 is 1. The summed E-state index contributed by atoms with van der Waals surface area (Å²) in [5.74, 6) is 5.84. The maximum atomic E-state index is 15.1. The largest absolute Gasteiger partial charge is 0.497 e. The zero-order valence-corrected chi connectivity index (χ0v) is 23.4. The molecule has 40 heavy (non-hydrogen) atoms. The number of fused-ring (bicyclic) bond motifs is 2. The molecule has 1 saturated carbocycles. The van der Waals surface area contributed by atoms with Crippen LogP contribution in [0.2, 0.25) is 0 Å². The van der Waals surface area contributed by atoms with Gasteiger partial charge in [-0.2, -0.15) is 5.90 Å². The molecule has 3 aromatic carbocycles. The number of aryl methyl sites for hydroxylation is 1. The highest BCUT2D eigenvalue weighted by atomic mass is 19.1. The highest BCUT2D eigenvalue weighted by molar-refractivity contribution is 5.85. The van der Waals surface area contributed by atoms with Gasteiger partial charge in [0, 0.05) is 11.0 Å². The van der Waals surface area contributed by atoms with Crippen LogP contribution in [-0.2, 0) is 28.1 Å². The number of rotatable bonds is 7. The van der Waals surface area contributed by atoms with E-state index in [0.29, 0.717) is 17.9 Å². The van der Waals surface area contributed by atoms with Crippen LogP contribution in [0.4, 0.5) is 4.39 Å². The fourth-order valence-electron chi connectivity index (χ4n) is 7.11. The van der Waals surface area contributed by atoms with Gasteiger partial charge in [0.15, 0.2) is 0 Å². The van der Waals surface area contributed by atoms with E-state index in [1.807, 2.05) is 18.2 Å². The monoisotopic (exact) mass is 541 g/mol. The van der Waals surface area contributed by atoms with Crippen molar-refractivity contribution in [1.82, 2.24) is 0 Å². The molecule has 3 aliphatic carbocycles.